The van der Waals surface area contributed by atoms with Crippen molar-refractivity contribution in [3.63, 3.8) is 0 Å². The smallest absolute Gasteiger partial charge is 0.129 e. The highest BCUT2D eigenvalue weighted by Gasteiger charge is 2.57. The van der Waals surface area contributed by atoms with Crippen molar-refractivity contribution >= 4 is 10.9 Å². The molecule has 1 aliphatic heterocycles. The number of hydrogen-bond donors (Lipinski definition) is 1. The van der Waals surface area contributed by atoms with E-state index in [4.69, 9.17) is 4.74 Å². The number of rotatable bonds is 3. The van der Waals surface area contributed by atoms with Gasteiger partial charge in [-0.3, -0.25) is 0 Å². The molecule has 1 aliphatic carbocycles. The van der Waals surface area contributed by atoms with Crippen LogP contribution < -0.4 is 5.32 Å². The van der Waals surface area contributed by atoms with Gasteiger partial charge in [0, 0.05) is 24.5 Å². The molecule has 0 bridgehead atoms. The van der Waals surface area contributed by atoms with Crippen LogP contribution in [0.3, 0.4) is 0 Å². The average molecular weight is 404 g/mol. The van der Waals surface area contributed by atoms with Crippen molar-refractivity contribution in [3.8, 4) is 17.5 Å². The van der Waals surface area contributed by atoms with Crippen LogP contribution in [0.5, 0.6) is 0 Å². The van der Waals surface area contributed by atoms with E-state index in [1.54, 1.807) is 19.2 Å². The van der Waals surface area contributed by atoms with Gasteiger partial charge in [0.1, 0.15) is 11.4 Å². The van der Waals surface area contributed by atoms with E-state index in [1.807, 2.05) is 17.8 Å². The molecule has 0 amide bonds. The molecule has 2 fully saturated rings. The van der Waals surface area contributed by atoms with E-state index >= 15 is 0 Å². The molecule has 1 aromatic heterocycles. The fraction of sp³-hybridized carbons (Fsp3) is 0.400. The number of nitrogens with one attached hydrogen (secondary N) is 1. The van der Waals surface area contributed by atoms with Crippen molar-refractivity contribution in [1.29, 1.82) is 0 Å². The second-order valence-electron chi connectivity index (χ2n) is 8.70. The number of methoxy groups -OCH3 is 1. The van der Waals surface area contributed by atoms with Crippen LogP contribution in [0.15, 0.2) is 42.6 Å². The molecule has 5 rings (SSSR count). The van der Waals surface area contributed by atoms with E-state index in [1.165, 1.54) is 23.3 Å². The lowest BCUT2D eigenvalue weighted by atomic mass is 9.72. The molecule has 1 N–H and O–H groups in total. The third kappa shape index (κ3) is 2.79. The summed E-state index contributed by atoms with van der Waals surface area (Å²) in [5.74, 6) is 6.71. The minimum Gasteiger partial charge on any atom is -0.366 e. The summed E-state index contributed by atoms with van der Waals surface area (Å²) in [6.07, 6.45) is 3.75. The first-order valence-electron chi connectivity index (χ1n) is 10.4. The molecule has 3 aromatic rings. The summed E-state index contributed by atoms with van der Waals surface area (Å²) < 4.78 is 21.2. The summed E-state index contributed by atoms with van der Waals surface area (Å²) in [6.45, 7) is 6.00. The minimum atomic E-state index is -0.374. The number of halogens is 1. The SMILES string of the molecule is CC#CC1(OC)CC2CNCC2(c2cc3cnn(-c4ccc(F)cc4)c3cc2C)C1. The summed E-state index contributed by atoms with van der Waals surface area (Å²) in [7, 11) is 1.79. The average Bonchev–Trinajstić information content (AvgIpc) is 3.39. The molecule has 1 saturated carbocycles. The number of benzene rings is 2. The van der Waals surface area contributed by atoms with Crippen LogP contribution in [0.1, 0.15) is 30.9 Å². The van der Waals surface area contributed by atoms with Gasteiger partial charge in [0.2, 0.25) is 0 Å². The molecular weight excluding hydrogens is 377 g/mol. The van der Waals surface area contributed by atoms with Crippen molar-refractivity contribution in [2.75, 3.05) is 20.2 Å². The van der Waals surface area contributed by atoms with E-state index in [0.717, 1.165) is 42.5 Å². The maximum absolute atomic E-state index is 13.3. The van der Waals surface area contributed by atoms with Crippen molar-refractivity contribution in [1.82, 2.24) is 15.1 Å². The van der Waals surface area contributed by atoms with Gasteiger partial charge < -0.3 is 10.1 Å². The van der Waals surface area contributed by atoms with Gasteiger partial charge in [0.05, 0.1) is 17.4 Å². The molecule has 5 heteroatoms. The Morgan fingerprint density at radius 2 is 2.07 bits per heavy atom. The molecule has 1 saturated heterocycles. The molecule has 30 heavy (non-hydrogen) atoms. The molecule has 2 aromatic carbocycles. The Kier molecular flexibility index (Phi) is 4.46. The first-order valence-corrected chi connectivity index (χ1v) is 10.4. The number of aryl methyl sites for hydroxylation is 1. The van der Waals surface area contributed by atoms with E-state index in [-0.39, 0.29) is 16.8 Å². The highest BCUT2D eigenvalue weighted by molar-refractivity contribution is 5.82. The van der Waals surface area contributed by atoms with Crippen LogP contribution in [0, 0.1) is 30.5 Å². The van der Waals surface area contributed by atoms with Crippen molar-refractivity contribution in [3.05, 3.63) is 59.5 Å². The zero-order chi connectivity index (χ0) is 20.9. The maximum Gasteiger partial charge on any atom is 0.129 e. The van der Waals surface area contributed by atoms with Crippen LogP contribution in [-0.4, -0.2) is 35.6 Å². The van der Waals surface area contributed by atoms with Crippen LogP contribution in [0.25, 0.3) is 16.6 Å². The van der Waals surface area contributed by atoms with Crippen LogP contribution in [0.4, 0.5) is 4.39 Å². The highest BCUT2D eigenvalue weighted by Crippen LogP contribution is 2.54. The highest BCUT2D eigenvalue weighted by atomic mass is 19.1. The first kappa shape index (κ1) is 19.3. The summed E-state index contributed by atoms with van der Waals surface area (Å²) in [4.78, 5) is 0. The Balaban J connectivity index is 1.62. The zero-order valence-electron chi connectivity index (χ0n) is 17.6. The molecule has 0 spiro atoms. The van der Waals surface area contributed by atoms with Crippen molar-refractivity contribution < 1.29 is 9.13 Å². The molecule has 0 radical (unpaired) electrons. The molecule has 3 atom stereocenters. The molecular formula is C25H26FN3O. The quantitative estimate of drug-likeness (QED) is 0.669. The molecule has 2 heterocycles. The van der Waals surface area contributed by atoms with Crippen molar-refractivity contribution in [2.45, 2.75) is 37.7 Å². The lowest BCUT2D eigenvalue weighted by molar-refractivity contribution is 0.0389. The predicted octanol–water partition coefficient (Wildman–Crippen LogP) is 4.13. The number of ether oxygens (including phenoxy) is 1. The fourth-order valence-corrected chi connectivity index (χ4v) is 5.71. The topological polar surface area (TPSA) is 39.1 Å². The van der Waals surface area contributed by atoms with E-state index in [9.17, 15) is 4.39 Å². The standard InChI is InChI=1S/C25H26FN3O/c1-4-9-24(30-3)12-19-14-27-16-25(19,15-24)22-11-18-13-28-29(23(18)10-17(22)2)21-7-5-20(26)6-8-21/h5-8,10-11,13,19,27H,12,14-16H2,1-3H3. The van der Waals surface area contributed by atoms with E-state index in [2.05, 4.69) is 41.3 Å². The summed E-state index contributed by atoms with van der Waals surface area (Å²) in [6, 6.07) is 11.0. The Bertz CT molecular complexity index is 1170. The number of fused-ring (bicyclic) bond motifs is 2. The second-order valence-corrected chi connectivity index (χ2v) is 8.70. The van der Waals surface area contributed by atoms with Crippen molar-refractivity contribution in [2.24, 2.45) is 5.92 Å². The lowest BCUT2D eigenvalue weighted by Crippen LogP contribution is -2.36. The Hall–Kier alpha value is -2.68. The predicted molar refractivity (Wildman–Crippen MR) is 116 cm³/mol. The van der Waals surface area contributed by atoms with Crippen LogP contribution in [0.2, 0.25) is 0 Å². The lowest BCUT2D eigenvalue weighted by Gasteiger charge is -2.32. The Labute approximate surface area is 176 Å². The van der Waals surface area contributed by atoms with Gasteiger partial charge in [0.15, 0.2) is 0 Å². The third-order valence-electron chi connectivity index (χ3n) is 7.06. The first-order chi connectivity index (χ1) is 14.5. The minimum absolute atomic E-state index is 0.0100. The van der Waals surface area contributed by atoms with E-state index < -0.39 is 0 Å². The number of nitrogens with zero attached hydrogens (tertiary/aromatic N) is 2. The Morgan fingerprint density at radius 1 is 1.27 bits per heavy atom. The summed E-state index contributed by atoms with van der Waals surface area (Å²) in [5, 5.41) is 9.31. The molecule has 154 valence electrons. The van der Waals surface area contributed by atoms with Crippen LogP contribution in [-0.2, 0) is 10.2 Å². The maximum atomic E-state index is 13.3. The van der Waals surface area contributed by atoms with Gasteiger partial charge >= 0.3 is 0 Å². The van der Waals surface area contributed by atoms with Gasteiger partial charge in [-0.15, -0.1) is 5.92 Å². The number of hydrogen-bond acceptors (Lipinski definition) is 3. The second kappa shape index (κ2) is 6.94. The number of aromatic nitrogens is 2. The molecule has 2 aliphatic rings. The monoisotopic (exact) mass is 403 g/mol. The van der Waals surface area contributed by atoms with Gasteiger partial charge in [-0.25, -0.2) is 9.07 Å². The normalized spacial score (nSPS) is 27.8. The van der Waals surface area contributed by atoms with Gasteiger partial charge in [-0.1, -0.05) is 5.92 Å². The fourth-order valence-electron chi connectivity index (χ4n) is 5.71. The van der Waals surface area contributed by atoms with Crippen LogP contribution >= 0.6 is 0 Å². The largest absolute Gasteiger partial charge is 0.366 e. The van der Waals surface area contributed by atoms with Gasteiger partial charge in [-0.2, -0.15) is 5.10 Å². The van der Waals surface area contributed by atoms with Gasteiger partial charge in [0.25, 0.3) is 0 Å². The molecule has 4 nitrogen and oxygen atoms in total. The third-order valence-corrected chi connectivity index (χ3v) is 7.06. The summed E-state index contributed by atoms with van der Waals surface area (Å²) >= 11 is 0. The summed E-state index contributed by atoms with van der Waals surface area (Å²) in [5.41, 5.74) is 4.13. The Morgan fingerprint density at radius 3 is 2.80 bits per heavy atom. The van der Waals surface area contributed by atoms with E-state index in [0.29, 0.717) is 5.92 Å². The molecule has 3 unspecified atom stereocenters. The zero-order valence-corrected chi connectivity index (χ0v) is 17.6. The van der Waals surface area contributed by atoms with Gasteiger partial charge in [-0.05, 0) is 86.7 Å².